The summed E-state index contributed by atoms with van der Waals surface area (Å²) in [4.78, 5) is 0. The number of unbranched alkanes of at least 4 members (excludes halogenated alkanes) is 1. The Labute approximate surface area is 885 Å². The molecule has 12 atom stereocenters. The van der Waals surface area contributed by atoms with Crippen molar-refractivity contribution in [1.82, 2.24) is 0 Å². The standard InChI is InChI=1S/C4H10.3C4H8.C3H8O.C3H6.C2H3BF3.C2H3Cl3.10C2H6.CH5BO2.12CH5P.K.12W/c5*1-3-4-2;1-3-2;1-2-3(4,5)6;1-2(3,4)5;10*1-2;1-2(3)4;12*1-2;;;;;;;;;;;;;/h3-4H2,1-2H3;3*3-4H,1-2H3;3H2,1-2H3;3H,1H2,2H3;2H,1H2;1H3;10*1-2H3;3-4H,1H3;12*2H2,1H3;;;;;;;;;;;;;/q;;;;;;-1;;;;;;;;;;;;;;;;;;;;;;;;;+1;;;;;;;;;;;;/b;3*4-3+;;;;;;;;;;;;;;;;;;;;;;;;;;;;;;;;;;;;;;;;/i;;;;;;;;;;;;;;;;;;;12*2T;;;;;;;;;;;;;. The van der Waals surface area contributed by atoms with Crippen LogP contribution in [0.2, 0.25) is 6.82 Å². The van der Waals surface area contributed by atoms with Crippen LogP contribution in [0.5, 0.6) is 0 Å². The van der Waals surface area contributed by atoms with Crippen molar-refractivity contribution in [3.8, 4) is 0 Å². The second kappa shape index (κ2) is 729. The van der Waals surface area contributed by atoms with E-state index in [1.54, 1.807) is 13.2 Å². The van der Waals surface area contributed by atoms with Gasteiger partial charge in [-0.25, -0.2) is 0 Å². The molecule has 0 saturated carbocycles. The number of ether oxygens (including phenoxy) is 1. The van der Waals surface area contributed by atoms with Gasteiger partial charge in [0.1, 0.15) is 0 Å². The van der Waals surface area contributed by atoms with E-state index < -0.39 is 17.9 Å². The molecule has 0 rings (SSSR count). The molecule has 0 amide bonds. The third-order valence-corrected chi connectivity index (χ3v) is 2.06. The van der Waals surface area contributed by atoms with Gasteiger partial charge in [0.05, 0.1) is 15.3 Å². The van der Waals surface area contributed by atoms with E-state index >= 15 is 0 Å². The Morgan fingerprint density at radius 3 is 0.432 bits per heavy atom. The van der Waals surface area contributed by atoms with Gasteiger partial charge < -0.3 is 27.7 Å². The van der Waals surface area contributed by atoms with Crippen LogP contribution in [0, 0.1) is 0 Å². The van der Waals surface area contributed by atoms with Gasteiger partial charge in [-0.05, 0) is 69.1 Å². The number of halogens is 6. The maximum Gasteiger partial charge on any atom is 1.00 e. The summed E-state index contributed by atoms with van der Waals surface area (Å²) in [6.45, 7) is 86.8. The van der Waals surface area contributed by atoms with Gasteiger partial charge in [-0.2, -0.15) is 5.98 Å². The van der Waals surface area contributed by atoms with E-state index in [1.807, 2.05) is 310 Å². The van der Waals surface area contributed by atoms with Gasteiger partial charge >= 0.3 is 65.5 Å². The summed E-state index contributed by atoms with van der Waals surface area (Å²) in [7, 11) is 4.51. The van der Waals surface area contributed by atoms with Gasteiger partial charge in [0, 0.05) is 266 Å². The van der Waals surface area contributed by atoms with Crippen LogP contribution in [-0.2, 0) is 258 Å². The van der Waals surface area contributed by atoms with Crippen LogP contribution in [0.4, 0.5) is 12.9 Å². The van der Waals surface area contributed by atoms with Crippen LogP contribution in [0.15, 0.2) is 61.7 Å². The van der Waals surface area contributed by atoms with Crippen molar-refractivity contribution < 1.29 is 332 Å². The van der Waals surface area contributed by atoms with Crippen molar-refractivity contribution in [3.05, 3.63) is 61.7 Å². The average molecular weight is 3760 g/mol. The summed E-state index contributed by atoms with van der Waals surface area (Å²) < 4.78 is 110. The third-order valence-electron chi connectivity index (χ3n) is 2.06. The molecule has 614 valence electrons. The second-order valence-electron chi connectivity index (χ2n) is 6.26. The van der Waals surface area contributed by atoms with Gasteiger partial charge in [0.15, 0.2) is 3.79 Å². The largest absolute Gasteiger partial charge is 1.00 e. The van der Waals surface area contributed by atoms with Gasteiger partial charge in [-0.3, -0.25) is 0 Å². The van der Waals surface area contributed by atoms with E-state index in [0.717, 1.165) is 6.61 Å². The average Bonchev–Trinajstić information content (AvgIpc) is 3.56. The fourth-order valence-corrected chi connectivity index (χ4v) is 0. The first-order valence-electron chi connectivity index (χ1n) is 34.3. The second-order valence-corrected chi connectivity index (χ2v) is 9.11. The van der Waals surface area contributed by atoms with E-state index in [4.69, 9.17) is 60.2 Å². The van der Waals surface area contributed by atoms with E-state index in [-0.39, 0.29) is 310 Å². The molecule has 12 unspecified atom stereocenters. The summed E-state index contributed by atoms with van der Waals surface area (Å²) in [5.41, 5.74) is 0. The van der Waals surface area contributed by atoms with Gasteiger partial charge in [0.25, 0.3) is 0 Å². The molecule has 0 aromatic rings. The van der Waals surface area contributed by atoms with Crippen molar-refractivity contribution in [1.29, 1.82) is 15.3 Å². The molecule has 0 aliphatic heterocycles. The smallest absolute Gasteiger partial charge is 0.445 e. The van der Waals surface area contributed by atoms with Crippen LogP contribution in [0.3, 0.4) is 0 Å². The molecule has 95 heavy (non-hydrogen) atoms. The molecule has 0 aromatic heterocycles. The predicted octanol–water partition coefficient (Wildman–Crippen LogP) is 24.6. The Balaban J connectivity index is -0.00000000913. The van der Waals surface area contributed by atoms with Crippen LogP contribution in [-0.4, -0.2) is 137 Å². The quantitative estimate of drug-likeness (QED) is 0.128. The molecule has 36 heteroatoms. The SMILES string of the molecule is C/C=C/C.C/C=C/C.C/C=C/C.C=CC.C=C[B-](F)(F)F.CB(O)O.CC.CC.CC.CC.CC.CC.CC.CC.CC.CC.CC(Cl)(Cl)Cl.CCCC.CCOC.[3H]PC.[3H]PC.[3H]PC.[3H]PC.[3H]PC.[3H]PC.[3H]PC.[3H]PC.[3H]PC.[3H]PC.[3H]PC.[3H]PC.[K+].[W].[W].[W].[W].[W].[W].[W].[W].[W].[W].[W].[W]. The molecule has 0 heterocycles. The van der Waals surface area contributed by atoms with Crippen molar-refractivity contribution in [2.45, 2.75) is 238 Å². The fourth-order valence-electron chi connectivity index (χ4n) is 0. The molecular weight excluding hydrogens is 3560 g/mol. The van der Waals surface area contributed by atoms with Crippen molar-refractivity contribution in [2.75, 3.05) is 93.7 Å². The van der Waals surface area contributed by atoms with Crippen LogP contribution < -0.4 is 51.4 Å². The minimum atomic E-state index is -4.72. The molecule has 0 aliphatic rings. The normalized spacial score (nSPS) is 8.14. The number of hydrogen-bond acceptors (Lipinski definition) is 3. The molecular formula is C59H179B2Cl3F3KO3P12W12. The maximum absolute atomic E-state index is 10.7. The Kier molecular flexibility index (Phi) is 1650. The number of hydrogen-bond donors (Lipinski definition) is 2. The third kappa shape index (κ3) is 2440. The summed E-state index contributed by atoms with van der Waals surface area (Å²) >= 11 is 15.2. The van der Waals surface area contributed by atoms with Gasteiger partial charge in [-0.1, -0.05) is 322 Å². The first-order chi connectivity index (χ1) is 44.2. The van der Waals surface area contributed by atoms with Gasteiger partial charge in [-0.15, -0.1) is 123 Å². The van der Waals surface area contributed by atoms with Crippen molar-refractivity contribution >= 4 is 159 Å². The summed E-state index contributed by atoms with van der Waals surface area (Å²) in [5.74, 6) is 0. The number of allylic oxidation sites excluding steroid dienone is 7. The zero-order valence-corrected chi connectivity index (χ0v) is 123. The molecule has 3 nitrogen and oxygen atoms in total. The fraction of sp³-hybridized carbons (Fsp3) is 0.831. The number of rotatable bonds is 3. The molecule has 0 aliphatic carbocycles. The van der Waals surface area contributed by atoms with Crippen LogP contribution >= 0.6 is 145 Å². The summed E-state index contributed by atoms with van der Waals surface area (Å²) in [6, 6.07) is 0. The minimum Gasteiger partial charge on any atom is -0.445 e. The number of alkyl halides is 3. The van der Waals surface area contributed by atoms with Gasteiger partial charge in [0.2, 0.25) is 0 Å². The molecule has 0 radical (unpaired) electrons. The summed E-state index contributed by atoms with van der Waals surface area (Å²) in [6.07, 6.45) is 16.4. The maximum atomic E-state index is 10.7. The van der Waals surface area contributed by atoms with E-state index in [1.165, 1.54) is 26.6 Å². The first-order valence-corrected chi connectivity index (χ1v) is 41.5. The topological polar surface area (TPSA) is 49.7 Å². The van der Waals surface area contributed by atoms with E-state index in [2.05, 4.69) is 31.7 Å². The number of methoxy groups -OCH3 is 1. The first kappa shape index (κ1) is 215. The van der Waals surface area contributed by atoms with Crippen LogP contribution in [0.1, 0.15) is 227 Å². The Bertz CT molecular complexity index is 689. The Morgan fingerprint density at radius 2 is 0.432 bits per heavy atom. The van der Waals surface area contributed by atoms with Crippen LogP contribution in [0.25, 0.3) is 0 Å². The Hall–Kier alpha value is 14.4. The minimum absolute atomic E-state index is 0. The molecule has 0 saturated heterocycles. The molecule has 2 N–H and O–H groups in total. The zero-order chi connectivity index (χ0) is 85.5. The molecule has 0 fully saturated rings. The van der Waals surface area contributed by atoms with E-state index in [9.17, 15) is 12.9 Å². The molecule has 0 spiro atoms. The zero-order valence-electron chi connectivity index (χ0n) is 82.3. The van der Waals surface area contributed by atoms with E-state index in [0.29, 0.717) is 110 Å². The van der Waals surface area contributed by atoms with Crippen molar-refractivity contribution in [3.63, 3.8) is 0 Å². The van der Waals surface area contributed by atoms with Crippen molar-refractivity contribution in [2.24, 2.45) is 0 Å². The Morgan fingerprint density at radius 1 is 0.389 bits per heavy atom. The molecule has 0 bridgehead atoms. The monoisotopic (exact) mass is 3760 g/mol. The molecule has 0 aromatic carbocycles. The predicted molar refractivity (Wildman–Crippen MR) is 478 cm³/mol. The summed E-state index contributed by atoms with van der Waals surface area (Å²) in [5, 5.41) is 15.2.